The van der Waals surface area contributed by atoms with E-state index in [1.807, 2.05) is 19.9 Å². The molecule has 1 radical (unpaired) electrons. The largest absolute Gasteiger partial charge is 0.505 e. The second-order valence-electron chi connectivity index (χ2n) is 12.8. The number of benzene rings is 1. The number of esters is 1. The van der Waals surface area contributed by atoms with Gasteiger partial charge in [0.05, 0.1) is 44.5 Å². The highest BCUT2D eigenvalue weighted by Gasteiger charge is 2.52. The van der Waals surface area contributed by atoms with E-state index in [9.17, 15) is 9.90 Å². The summed E-state index contributed by atoms with van der Waals surface area (Å²) in [5.74, 6) is -0.331. The Kier molecular flexibility index (Phi) is 8.94. The van der Waals surface area contributed by atoms with Gasteiger partial charge in [-0.15, -0.1) is 22.7 Å². The normalized spacial score (nSPS) is 17.2. The van der Waals surface area contributed by atoms with Crippen LogP contribution >= 0.6 is 22.7 Å². The van der Waals surface area contributed by atoms with Crippen molar-refractivity contribution in [3.63, 3.8) is 0 Å². The van der Waals surface area contributed by atoms with Gasteiger partial charge in [-0.2, -0.15) is 0 Å². The standard InChI is InChI=1S/C30H43B2O6S2/c1-11-12-13-14-15-18-19-17-22(32-37-29(6,7)30(8,9)38-32)40-24(19)25-20(23(18)26(33)35-10)16-21(39-25)31-36-28(4,5)27(2,3)34/h16-17,34H,11-15H2,1-10H3. The minimum Gasteiger partial charge on any atom is -0.465 e. The molecule has 217 valence electrons. The zero-order valence-corrected chi connectivity index (χ0v) is 27.3. The molecule has 3 aromatic rings. The van der Waals surface area contributed by atoms with E-state index < -0.39 is 29.5 Å². The zero-order chi connectivity index (χ0) is 29.7. The van der Waals surface area contributed by atoms with Crippen LogP contribution in [0.25, 0.3) is 20.2 Å². The van der Waals surface area contributed by atoms with Crippen LogP contribution in [0.5, 0.6) is 0 Å². The Morgan fingerprint density at radius 3 is 2.20 bits per heavy atom. The number of carbonyl (C=O) groups is 1. The molecule has 1 aliphatic rings. The molecule has 0 aliphatic carbocycles. The van der Waals surface area contributed by atoms with Gasteiger partial charge in [-0.25, -0.2) is 4.79 Å². The average Bonchev–Trinajstić information content (AvgIpc) is 3.53. The summed E-state index contributed by atoms with van der Waals surface area (Å²) in [6, 6.07) is 4.16. The Labute approximate surface area is 248 Å². The van der Waals surface area contributed by atoms with Gasteiger partial charge in [-0.3, -0.25) is 0 Å². The first-order valence-electron chi connectivity index (χ1n) is 14.2. The van der Waals surface area contributed by atoms with E-state index in [4.69, 9.17) is 18.7 Å². The quantitative estimate of drug-likeness (QED) is 0.166. The molecule has 0 atom stereocenters. The van der Waals surface area contributed by atoms with Gasteiger partial charge in [0, 0.05) is 14.9 Å². The maximum absolute atomic E-state index is 13.3. The van der Waals surface area contributed by atoms with Crippen molar-refractivity contribution in [3.05, 3.63) is 23.3 Å². The van der Waals surface area contributed by atoms with Crippen LogP contribution in [-0.4, -0.2) is 55.2 Å². The molecule has 6 nitrogen and oxygen atoms in total. The predicted octanol–water partition coefficient (Wildman–Crippen LogP) is 6.14. The average molecular weight is 585 g/mol. The van der Waals surface area contributed by atoms with Gasteiger partial charge in [0.1, 0.15) is 0 Å². The molecule has 1 aliphatic heterocycles. The van der Waals surface area contributed by atoms with Crippen LogP contribution in [0.3, 0.4) is 0 Å². The summed E-state index contributed by atoms with van der Waals surface area (Å²) in [6.45, 7) is 17.6. The number of unbranched alkanes of at least 4 members (excludes halogenated alkanes) is 3. The Hall–Kier alpha value is -1.42. The van der Waals surface area contributed by atoms with Crippen molar-refractivity contribution in [1.82, 2.24) is 0 Å². The molecule has 40 heavy (non-hydrogen) atoms. The van der Waals surface area contributed by atoms with Crippen molar-refractivity contribution in [3.8, 4) is 0 Å². The molecule has 2 aromatic heterocycles. The second-order valence-corrected chi connectivity index (χ2v) is 15.0. The fourth-order valence-electron chi connectivity index (χ4n) is 4.67. The molecule has 1 aromatic carbocycles. The first-order valence-corrected chi connectivity index (χ1v) is 15.9. The van der Waals surface area contributed by atoms with E-state index >= 15 is 0 Å². The first-order chi connectivity index (χ1) is 18.5. The number of carbonyl (C=O) groups excluding carboxylic acids is 1. The lowest BCUT2D eigenvalue weighted by molar-refractivity contribution is -0.0892. The highest BCUT2D eigenvalue weighted by molar-refractivity contribution is 7.34. The molecule has 0 spiro atoms. The van der Waals surface area contributed by atoms with Crippen molar-refractivity contribution in [2.24, 2.45) is 0 Å². The number of aliphatic hydroxyl groups is 1. The van der Waals surface area contributed by atoms with Gasteiger partial charge >= 0.3 is 20.6 Å². The smallest absolute Gasteiger partial charge is 0.465 e. The summed E-state index contributed by atoms with van der Waals surface area (Å²) in [7, 11) is 2.66. The van der Waals surface area contributed by atoms with Crippen LogP contribution in [-0.2, 0) is 25.1 Å². The summed E-state index contributed by atoms with van der Waals surface area (Å²) >= 11 is 3.24. The van der Waals surface area contributed by atoms with Crippen molar-refractivity contribution in [1.29, 1.82) is 0 Å². The van der Waals surface area contributed by atoms with Crippen molar-refractivity contribution >= 4 is 73.0 Å². The lowest BCUT2D eigenvalue weighted by Crippen LogP contribution is -2.49. The molecule has 3 heterocycles. The number of methoxy groups -OCH3 is 1. The molecular weight excluding hydrogens is 542 g/mol. The number of thiophene rings is 2. The molecule has 0 unspecified atom stereocenters. The fraction of sp³-hybridized carbons (Fsp3) is 0.633. The van der Waals surface area contributed by atoms with E-state index in [0.717, 1.165) is 67.4 Å². The minimum atomic E-state index is -1.04. The fourth-order valence-corrected chi connectivity index (χ4v) is 7.00. The second kappa shape index (κ2) is 11.3. The van der Waals surface area contributed by atoms with Crippen LogP contribution in [0, 0.1) is 0 Å². The van der Waals surface area contributed by atoms with E-state index in [1.54, 1.807) is 44.0 Å². The van der Waals surface area contributed by atoms with Crippen molar-refractivity contribution in [2.45, 2.75) is 117 Å². The molecule has 4 rings (SSSR count). The van der Waals surface area contributed by atoms with Crippen LogP contribution in [0.4, 0.5) is 0 Å². The van der Waals surface area contributed by atoms with E-state index in [0.29, 0.717) is 5.56 Å². The minimum absolute atomic E-state index is 0.331. The van der Waals surface area contributed by atoms with Gasteiger partial charge in [0.2, 0.25) is 0 Å². The van der Waals surface area contributed by atoms with Crippen LogP contribution < -0.4 is 9.55 Å². The first kappa shape index (κ1) is 31.5. The van der Waals surface area contributed by atoms with Gasteiger partial charge in [0.15, 0.2) is 0 Å². The van der Waals surface area contributed by atoms with Gasteiger partial charge in [0.25, 0.3) is 0 Å². The number of aryl methyl sites for hydroxylation is 1. The maximum atomic E-state index is 13.3. The summed E-state index contributed by atoms with van der Waals surface area (Å²) in [5.41, 5.74) is -1.09. The van der Waals surface area contributed by atoms with E-state index in [-0.39, 0.29) is 5.97 Å². The molecular formula is C30H43B2O6S2. The van der Waals surface area contributed by atoms with Gasteiger partial charge in [-0.1, -0.05) is 26.2 Å². The van der Waals surface area contributed by atoms with Crippen LogP contribution in [0.2, 0.25) is 0 Å². The molecule has 1 fully saturated rings. The third kappa shape index (κ3) is 5.90. The molecule has 1 saturated heterocycles. The molecule has 0 amide bonds. The zero-order valence-electron chi connectivity index (χ0n) is 25.6. The number of rotatable bonds is 11. The van der Waals surface area contributed by atoms with Crippen LogP contribution in [0.15, 0.2) is 12.1 Å². The monoisotopic (exact) mass is 585 g/mol. The Morgan fingerprint density at radius 2 is 1.62 bits per heavy atom. The van der Waals surface area contributed by atoms with Gasteiger partial charge < -0.3 is 23.8 Å². The van der Waals surface area contributed by atoms with Crippen molar-refractivity contribution < 1.29 is 28.6 Å². The highest BCUT2D eigenvalue weighted by atomic mass is 32.1. The summed E-state index contributed by atoms with van der Waals surface area (Å²) < 4.78 is 28.2. The molecule has 0 saturated carbocycles. The highest BCUT2D eigenvalue weighted by Crippen LogP contribution is 2.42. The number of fused-ring (bicyclic) bond motifs is 3. The third-order valence-corrected chi connectivity index (χ3v) is 11.1. The maximum Gasteiger partial charge on any atom is 0.505 e. The Balaban J connectivity index is 1.87. The topological polar surface area (TPSA) is 74.2 Å². The van der Waals surface area contributed by atoms with Gasteiger partial charge in [-0.05, 0) is 91.3 Å². The van der Waals surface area contributed by atoms with Crippen LogP contribution in [0.1, 0.15) is 104 Å². The van der Waals surface area contributed by atoms with E-state index in [1.165, 1.54) is 7.11 Å². The number of hydrogen-bond donors (Lipinski definition) is 1. The summed E-state index contributed by atoms with van der Waals surface area (Å²) in [5, 5.41) is 12.5. The summed E-state index contributed by atoms with van der Waals surface area (Å²) in [6.07, 6.45) is 5.19. The lowest BCUT2D eigenvalue weighted by atomic mass is 9.85. The Morgan fingerprint density at radius 1 is 1.00 bits per heavy atom. The summed E-state index contributed by atoms with van der Waals surface area (Å²) in [4.78, 5) is 13.3. The molecule has 1 N–H and O–H groups in total. The van der Waals surface area contributed by atoms with Crippen molar-refractivity contribution in [2.75, 3.05) is 7.11 Å². The molecule has 0 bridgehead atoms. The number of ether oxygens (including phenoxy) is 1. The predicted molar refractivity (Wildman–Crippen MR) is 169 cm³/mol. The lowest BCUT2D eigenvalue weighted by Gasteiger charge is -2.37. The molecule has 10 heteroatoms. The SMILES string of the molecule is CCCCCCc1c(C(=O)OC)c2cc([B]OC(C)(C)C(C)(C)O)sc2c2sc(B3OC(C)(C)C(C)(C)O3)cc12. The number of hydrogen-bond acceptors (Lipinski definition) is 8. The third-order valence-electron chi connectivity index (χ3n) is 8.70. The van der Waals surface area contributed by atoms with E-state index in [2.05, 4.69) is 40.7 Å². The Bertz CT molecular complexity index is 1370.